The van der Waals surface area contributed by atoms with Crippen LogP contribution in [0.2, 0.25) is 0 Å². The summed E-state index contributed by atoms with van der Waals surface area (Å²) in [5, 5.41) is 9.25. The van der Waals surface area contributed by atoms with Gasteiger partial charge in [0.1, 0.15) is 11.4 Å². The van der Waals surface area contributed by atoms with E-state index in [0.29, 0.717) is 17.5 Å². The number of fused-ring (bicyclic) bond motifs is 1. The Morgan fingerprint density at radius 1 is 1.32 bits per heavy atom. The average Bonchev–Trinajstić information content (AvgIpc) is 3.18. The molecule has 3 heterocycles. The summed E-state index contributed by atoms with van der Waals surface area (Å²) in [7, 11) is 0. The smallest absolute Gasteiger partial charge is 0.320 e. The van der Waals surface area contributed by atoms with Gasteiger partial charge in [-0.25, -0.2) is 0 Å². The van der Waals surface area contributed by atoms with Crippen molar-refractivity contribution in [3.8, 4) is 11.5 Å². The van der Waals surface area contributed by atoms with Crippen molar-refractivity contribution in [3.63, 3.8) is 0 Å². The van der Waals surface area contributed by atoms with Crippen LogP contribution in [0.4, 0.5) is 0 Å². The van der Waals surface area contributed by atoms with Crippen molar-refractivity contribution in [2.24, 2.45) is 0 Å². The molecule has 0 aliphatic carbocycles. The molecule has 22 heavy (non-hydrogen) atoms. The zero-order valence-electron chi connectivity index (χ0n) is 11.8. The Morgan fingerprint density at radius 3 is 3.00 bits per heavy atom. The third-order valence-corrected chi connectivity index (χ3v) is 4.63. The van der Waals surface area contributed by atoms with E-state index in [-0.39, 0.29) is 17.3 Å². The van der Waals surface area contributed by atoms with E-state index in [1.165, 1.54) is 11.8 Å². The van der Waals surface area contributed by atoms with Crippen LogP contribution in [-0.2, 0) is 9.53 Å². The average molecular weight is 315 g/mol. The van der Waals surface area contributed by atoms with Crippen molar-refractivity contribution >= 4 is 28.6 Å². The molecule has 2 aromatic heterocycles. The molecule has 0 spiro atoms. The fourth-order valence-electron chi connectivity index (χ4n) is 2.55. The predicted octanol–water partition coefficient (Wildman–Crippen LogP) is 3.01. The number of benzene rings is 1. The van der Waals surface area contributed by atoms with E-state index in [2.05, 4.69) is 15.2 Å². The van der Waals surface area contributed by atoms with E-state index in [9.17, 15) is 4.79 Å². The number of hydrogen-bond donors (Lipinski definition) is 1. The SMILES string of the molecule is C[C@@H]1C[C@@H](Sc2nnc(-c3c[nH]c4ccccc34)o2)C(=O)O1. The molecule has 4 rings (SSSR count). The summed E-state index contributed by atoms with van der Waals surface area (Å²) in [6.45, 7) is 1.88. The Bertz CT molecular complexity index is 841. The van der Waals surface area contributed by atoms with E-state index in [1.807, 2.05) is 37.4 Å². The molecule has 0 radical (unpaired) electrons. The summed E-state index contributed by atoms with van der Waals surface area (Å²) in [4.78, 5) is 14.8. The summed E-state index contributed by atoms with van der Waals surface area (Å²) >= 11 is 1.26. The van der Waals surface area contributed by atoms with Crippen molar-refractivity contribution in [2.75, 3.05) is 0 Å². The number of ether oxygens (including phenoxy) is 1. The highest BCUT2D eigenvalue weighted by Gasteiger charge is 2.34. The number of aromatic amines is 1. The number of esters is 1. The normalized spacial score (nSPS) is 21.4. The molecular weight excluding hydrogens is 302 g/mol. The topological polar surface area (TPSA) is 81.0 Å². The molecule has 1 aliphatic heterocycles. The van der Waals surface area contributed by atoms with E-state index in [0.717, 1.165) is 16.5 Å². The highest BCUT2D eigenvalue weighted by atomic mass is 32.2. The maximum absolute atomic E-state index is 11.7. The number of hydrogen-bond acceptors (Lipinski definition) is 6. The van der Waals surface area contributed by atoms with Crippen LogP contribution in [0.25, 0.3) is 22.4 Å². The van der Waals surface area contributed by atoms with Crippen LogP contribution in [0.5, 0.6) is 0 Å². The Hall–Kier alpha value is -2.28. The fourth-order valence-corrected chi connectivity index (χ4v) is 3.53. The van der Waals surface area contributed by atoms with Crippen molar-refractivity contribution in [1.29, 1.82) is 0 Å². The van der Waals surface area contributed by atoms with Gasteiger partial charge >= 0.3 is 5.97 Å². The molecular formula is C15H13N3O3S. The number of aromatic nitrogens is 3. The van der Waals surface area contributed by atoms with Crippen LogP contribution < -0.4 is 0 Å². The van der Waals surface area contributed by atoms with Crippen LogP contribution in [0, 0.1) is 0 Å². The first-order valence-corrected chi connectivity index (χ1v) is 7.86. The van der Waals surface area contributed by atoms with Crippen molar-refractivity contribution in [1.82, 2.24) is 15.2 Å². The van der Waals surface area contributed by atoms with Gasteiger partial charge < -0.3 is 14.1 Å². The largest absolute Gasteiger partial charge is 0.462 e. The van der Waals surface area contributed by atoms with Gasteiger partial charge in [-0.15, -0.1) is 10.2 Å². The molecule has 1 saturated heterocycles. The number of nitrogens with one attached hydrogen (secondary N) is 1. The Morgan fingerprint density at radius 2 is 2.18 bits per heavy atom. The summed E-state index contributed by atoms with van der Waals surface area (Å²) in [5.41, 5.74) is 1.87. The third-order valence-electron chi connectivity index (χ3n) is 3.60. The van der Waals surface area contributed by atoms with Crippen LogP contribution in [0.15, 0.2) is 40.1 Å². The maximum Gasteiger partial charge on any atom is 0.320 e. The Labute approximate surface area is 130 Å². The maximum atomic E-state index is 11.7. The van der Waals surface area contributed by atoms with Crippen LogP contribution in [-0.4, -0.2) is 32.5 Å². The monoisotopic (exact) mass is 315 g/mol. The van der Waals surface area contributed by atoms with Gasteiger partial charge in [-0.1, -0.05) is 18.2 Å². The van der Waals surface area contributed by atoms with Gasteiger partial charge in [0.15, 0.2) is 0 Å². The van der Waals surface area contributed by atoms with Gasteiger partial charge in [-0.2, -0.15) is 0 Å². The van der Waals surface area contributed by atoms with Crippen molar-refractivity contribution < 1.29 is 13.9 Å². The second kappa shape index (κ2) is 5.17. The lowest BCUT2D eigenvalue weighted by Gasteiger charge is -1.99. The first-order chi connectivity index (χ1) is 10.7. The summed E-state index contributed by atoms with van der Waals surface area (Å²) < 4.78 is 10.8. The molecule has 1 N–H and O–H groups in total. The first kappa shape index (κ1) is 13.4. The zero-order valence-corrected chi connectivity index (χ0v) is 12.6. The Kier molecular flexibility index (Phi) is 3.15. The van der Waals surface area contributed by atoms with Crippen molar-refractivity contribution in [3.05, 3.63) is 30.5 Å². The minimum absolute atomic E-state index is 0.0546. The number of nitrogens with zero attached hydrogens (tertiary/aromatic N) is 2. The Balaban J connectivity index is 1.60. The lowest BCUT2D eigenvalue weighted by Crippen LogP contribution is -2.09. The minimum Gasteiger partial charge on any atom is -0.462 e. The fraction of sp³-hybridized carbons (Fsp3) is 0.267. The summed E-state index contributed by atoms with van der Waals surface area (Å²) in [6, 6.07) is 7.90. The van der Waals surface area contributed by atoms with Crippen LogP contribution in [0.1, 0.15) is 13.3 Å². The van der Waals surface area contributed by atoms with Crippen LogP contribution >= 0.6 is 11.8 Å². The van der Waals surface area contributed by atoms with E-state index in [4.69, 9.17) is 9.15 Å². The minimum atomic E-state index is -0.272. The molecule has 0 saturated carbocycles. The zero-order chi connectivity index (χ0) is 15.1. The van der Waals surface area contributed by atoms with Gasteiger partial charge in [0.25, 0.3) is 11.1 Å². The number of rotatable bonds is 3. The second-order valence-corrected chi connectivity index (χ2v) is 6.36. The van der Waals surface area contributed by atoms with Crippen molar-refractivity contribution in [2.45, 2.75) is 29.9 Å². The van der Waals surface area contributed by atoms with E-state index < -0.39 is 0 Å². The molecule has 7 heteroatoms. The highest BCUT2D eigenvalue weighted by molar-refractivity contribution is 8.00. The second-order valence-electron chi connectivity index (χ2n) is 5.21. The molecule has 2 atom stereocenters. The molecule has 112 valence electrons. The summed E-state index contributed by atoms with van der Waals surface area (Å²) in [6.07, 6.45) is 2.45. The van der Waals surface area contributed by atoms with E-state index >= 15 is 0 Å². The molecule has 1 fully saturated rings. The van der Waals surface area contributed by atoms with Gasteiger partial charge in [0, 0.05) is 23.5 Å². The van der Waals surface area contributed by atoms with Gasteiger partial charge in [-0.05, 0) is 24.8 Å². The lowest BCUT2D eigenvalue weighted by atomic mass is 10.2. The van der Waals surface area contributed by atoms with Gasteiger partial charge in [0.2, 0.25) is 0 Å². The predicted molar refractivity (Wildman–Crippen MR) is 81.4 cm³/mol. The number of carbonyl (C=O) groups is 1. The first-order valence-electron chi connectivity index (χ1n) is 6.98. The van der Waals surface area contributed by atoms with Gasteiger partial charge in [-0.3, -0.25) is 4.79 Å². The molecule has 6 nitrogen and oxygen atoms in total. The lowest BCUT2D eigenvalue weighted by molar-refractivity contribution is -0.140. The number of thioether (sulfide) groups is 1. The molecule has 3 aromatic rings. The third kappa shape index (κ3) is 2.27. The highest BCUT2D eigenvalue weighted by Crippen LogP contribution is 2.34. The number of H-pyrrole nitrogens is 1. The molecule has 0 unspecified atom stereocenters. The summed E-state index contributed by atoms with van der Waals surface area (Å²) in [5.74, 6) is 0.226. The molecule has 0 bridgehead atoms. The molecule has 0 amide bonds. The number of cyclic esters (lactones) is 1. The molecule has 1 aromatic carbocycles. The van der Waals surface area contributed by atoms with Crippen LogP contribution in [0.3, 0.4) is 0 Å². The van der Waals surface area contributed by atoms with Gasteiger partial charge in [0.05, 0.1) is 5.56 Å². The molecule has 1 aliphatic rings. The number of para-hydroxylation sites is 1. The number of carbonyl (C=O) groups excluding carboxylic acids is 1. The van der Waals surface area contributed by atoms with E-state index in [1.54, 1.807) is 0 Å². The standard InChI is InChI=1S/C15H13N3O3S/c1-8-6-12(14(19)20-8)22-15-18-17-13(21-15)10-7-16-11-5-3-2-4-9(10)11/h2-5,7-8,12,16H,6H2,1H3/t8-,12-/m1/s1. The quantitative estimate of drug-likeness (QED) is 0.748.